The van der Waals surface area contributed by atoms with Gasteiger partial charge in [-0.15, -0.1) is 0 Å². The Morgan fingerprint density at radius 1 is 1.29 bits per heavy atom. The van der Waals surface area contributed by atoms with Crippen LogP contribution in [-0.2, 0) is 0 Å². The summed E-state index contributed by atoms with van der Waals surface area (Å²) in [5.41, 5.74) is 15.6. The lowest BCUT2D eigenvalue weighted by atomic mass is 9.91. The van der Waals surface area contributed by atoms with Crippen molar-refractivity contribution in [1.29, 1.82) is 0 Å². The van der Waals surface area contributed by atoms with Gasteiger partial charge in [0.1, 0.15) is 0 Å². The Bertz CT molecular complexity index is 520. The van der Waals surface area contributed by atoms with Crippen LogP contribution in [0.2, 0.25) is 0 Å². The van der Waals surface area contributed by atoms with Gasteiger partial charge in [-0.2, -0.15) is 0 Å². The highest BCUT2D eigenvalue weighted by molar-refractivity contribution is 5.85. The van der Waals surface area contributed by atoms with Gasteiger partial charge in [0.2, 0.25) is 0 Å². The van der Waals surface area contributed by atoms with Gasteiger partial charge < -0.3 is 16.5 Å². The lowest BCUT2D eigenvalue weighted by Gasteiger charge is -2.23. The summed E-state index contributed by atoms with van der Waals surface area (Å²) in [6.07, 6.45) is 0.773. The molecule has 1 aromatic heterocycles. The van der Waals surface area contributed by atoms with Crippen LogP contribution in [0.1, 0.15) is 37.6 Å². The van der Waals surface area contributed by atoms with Gasteiger partial charge in [-0.25, -0.2) is 0 Å². The van der Waals surface area contributed by atoms with E-state index in [2.05, 4.69) is 24.0 Å². The number of aryl methyl sites for hydroxylation is 1. The number of H-pyrrole nitrogens is 1. The SMILES string of the molecule is Cc1[nH]c2ccccc2c1C(N)CC(C)(C)N. The molecule has 0 saturated carbocycles. The van der Waals surface area contributed by atoms with Crippen molar-refractivity contribution in [3.63, 3.8) is 0 Å². The highest BCUT2D eigenvalue weighted by Gasteiger charge is 2.21. The number of rotatable bonds is 3. The fraction of sp³-hybridized carbons (Fsp3) is 0.429. The molecule has 0 amide bonds. The van der Waals surface area contributed by atoms with Gasteiger partial charge in [0.15, 0.2) is 0 Å². The molecule has 0 aliphatic heterocycles. The minimum atomic E-state index is -0.246. The lowest BCUT2D eigenvalue weighted by Crippen LogP contribution is -2.36. The van der Waals surface area contributed by atoms with Crippen LogP contribution < -0.4 is 11.5 Å². The summed E-state index contributed by atoms with van der Waals surface area (Å²) in [5.74, 6) is 0. The highest BCUT2D eigenvalue weighted by atomic mass is 14.8. The van der Waals surface area contributed by atoms with Crippen molar-refractivity contribution in [1.82, 2.24) is 4.98 Å². The zero-order valence-corrected chi connectivity index (χ0v) is 10.7. The first kappa shape index (κ1) is 12.1. The van der Waals surface area contributed by atoms with Crippen LogP contribution in [0.5, 0.6) is 0 Å². The average Bonchev–Trinajstić information content (AvgIpc) is 2.50. The van der Waals surface area contributed by atoms with E-state index in [1.54, 1.807) is 0 Å². The fourth-order valence-corrected chi connectivity index (χ4v) is 2.45. The molecule has 3 nitrogen and oxygen atoms in total. The maximum atomic E-state index is 6.29. The summed E-state index contributed by atoms with van der Waals surface area (Å²) < 4.78 is 0. The largest absolute Gasteiger partial charge is 0.358 e. The summed E-state index contributed by atoms with van der Waals surface area (Å²) >= 11 is 0. The second-order valence-electron chi connectivity index (χ2n) is 5.51. The molecule has 3 heteroatoms. The summed E-state index contributed by atoms with van der Waals surface area (Å²) in [5, 5.41) is 1.21. The van der Waals surface area contributed by atoms with Gasteiger partial charge in [-0.05, 0) is 38.8 Å². The van der Waals surface area contributed by atoms with E-state index in [4.69, 9.17) is 11.5 Å². The third-order valence-electron chi connectivity index (χ3n) is 3.06. The molecule has 0 aliphatic rings. The van der Waals surface area contributed by atoms with Crippen molar-refractivity contribution in [3.05, 3.63) is 35.5 Å². The number of nitrogens with two attached hydrogens (primary N) is 2. The first-order valence-electron chi connectivity index (χ1n) is 6.00. The van der Waals surface area contributed by atoms with Crippen LogP contribution in [0.3, 0.4) is 0 Å². The Hall–Kier alpha value is -1.32. The minimum Gasteiger partial charge on any atom is -0.358 e. The third-order valence-corrected chi connectivity index (χ3v) is 3.06. The maximum absolute atomic E-state index is 6.29. The fourth-order valence-electron chi connectivity index (χ4n) is 2.45. The molecule has 92 valence electrons. The van der Waals surface area contributed by atoms with E-state index in [0.717, 1.165) is 17.6 Å². The van der Waals surface area contributed by atoms with Crippen molar-refractivity contribution in [2.45, 2.75) is 38.8 Å². The molecule has 1 heterocycles. The van der Waals surface area contributed by atoms with E-state index in [0.29, 0.717) is 0 Å². The first-order chi connectivity index (χ1) is 7.88. The van der Waals surface area contributed by atoms with Gasteiger partial charge >= 0.3 is 0 Å². The first-order valence-corrected chi connectivity index (χ1v) is 6.00. The van der Waals surface area contributed by atoms with Crippen molar-refractivity contribution >= 4 is 10.9 Å². The molecule has 1 atom stereocenters. The number of hydrogen-bond donors (Lipinski definition) is 3. The van der Waals surface area contributed by atoms with Gasteiger partial charge in [0.25, 0.3) is 0 Å². The Morgan fingerprint density at radius 3 is 2.59 bits per heavy atom. The maximum Gasteiger partial charge on any atom is 0.0459 e. The van der Waals surface area contributed by atoms with Crippen LogP contribution in [0.25, 0.3) is 10.9 Å². The molecule has 0 fully saturated rings. The van der Waals surface area contributed by atoms with E-state index < -0.39 is 0 Å². The predicted octanol–water partition coefficient (Wildman–Crippen LogP) is 2.60. The summed E-state index contributed by atoms with van der Waals surface area (Å²) in [4.78, 5) is 3.37. The zero-order chi connectivity index (χ0) is 12.6. The second-order valence-corrected chi connectivity index (χ2v) is 5.51. The molecule has 0 bridgehead atoms. The molecule has 17 heavy (non-hydrogen) atoms. The molecule has 0 radical (unpaired) electrons. The summed E-state index contributed by atoms with van der Waals surface area (Å²) in [6.45, 7) is 6.09. The van der Waals surface area contributed by atoms with Crippen LogP contribution in [0.4, 0.5) is 0 Å². The Kier molecular flexibility index (Phi) is 2.98. The molecule has 1 unspecified atom stereocenters. The Balaban J connectivity index is 2.44. The molecule has 0 aliphatic carbocycles. The smallest absolute Gasteiger partial charge is 0.0459 e. The quantitative estimate of drug-likeness (QED) is 0.760. The number of benzene rings is 1. The standard InChI is InChI=1S/C14H21N3/c1-9-13(11(15)8-14(2,3)16)10-6-4-5-7-12(10)17-9/h4-7,11,17H,8,15-16H2,1-3H3. The van der Waals surface area contributed by atoms with Crippen LogP contribution in [0, 0.1) is 6.92 Å². The van der Waals surface area contributed by atoms with Gasteiger partial charge in [-0.3, -0.25) is 0 Å². The molecule has 0 spiro atoms. The second kappa shape index (κ2) is 4.17. The predicted molar refractivity (Wildman–Crippen MR) is 72.8 cm³/mol. The Labute approximate surface area is 102 Å². The van der Waals surface area contributed by atoms with Crippen molar-refractivity contribution in [3.8, 4) is 0 Å². The van der Waals surface area contributed by atoms with Crippen molar-refractivity contribution in [2.75, 3.05) is 0 Å². The van der Waals surface area contributed by atoms with E-state index in [1.165, 1.54) is 10.9 Å². The number of para-hydroxylation sites is 1. The van der Waals surface area contributed by atoms with Crippen LogP contribution in [-0.4, -0.2) is 10.5 Å². The topological polar surface area (TPSA) is 67.8 Å². The Morgan fingerprint density at radius 2 is 1.94 bits per heavy atom. The van der Waals surface area contributed by atoms with Crippen LogP contribution in [0.15, 0.2) is 24.3 Å². The van der Waals surface area contributed by atoms with Gasteiger partial charge in [0, 0.05) is 28.2 Å². The third kappa shape index (κ3) is 2.51. The number of hydrogen-bond acceptors (Lipinski definition) is 2. The van der Waals surface area contributed by atoms with Crippen molar-refractivity contribution < 1.29 is 0 Å². The highest BCUT2D eigenvalue weighted by Crippen LogP contribution is 2.30. The number of aromatic nitrogens is 1. The molecule has 1 aromatic carbocycles. The van der Waals surface area contributed by atoms with E-state index >= 15 is 0 Å². The number of fused-ring (bicyclic) bond motifs is 1. The summed E-state index contributed by atoms with van der Waals surface area (Å²) in [6, 6.07) is 8.23. The minimum absolute atomic E-state index is 0.0221. The molecule has 2 aromatic rings. The molecule has 2 rings (SSSR count). The number of aromatic amines is 1. The molecule has 0 saturated heterocycles. The number of nitrogens with one attached hydrogen (secondary N) is 1. The van der Waals surface area contributed by atoms with E-state index in [9.17, 15) is 0 Å². The zero-order valence-electron chi connectivity index (χ0n) is 10.7. The van der Waals surface area contributed by atoms with Crippen molar-refractivity contribution in [2.24, 2.45) is 11.5 Å². The summed E-state index contributed by atoms with van der Waals surface area (Å²) in [7, 11) is 0. The van der Waals surface area contributed by atoms with E-state index in [1.807, 2.05) is 26.0 Å². The normalized spacial score (nSPS) is 14.2. The molecule has 5 N–H and O–H groups in total. The monoisotopic (exact) mass is 231 g/mol. The average molecular weight is 231 g/mol. The van der Waals surface area contributed by atoms with Crippen LogP contribution >= 0.6 is 0 Å². The van der Waals surface area contributed by atoms with Gasteiger partial charge in [0.05, 0.1) is 0 Å². The molecular formula is C14H21N3. The van der Waals surface area contributed by atoms with Gasteiger partial charge in [-0.1, -0.05) is 18.2 Å². The lowest BCUT2D eigenvalue weighted by molar-refractivity contribution is 0.429. The van der Waals surface area contributed by atoms with E-state index in [-0.39, 0.29) is 11.6 Å². The molecular weight excluding hydrogens is 210 g/mol.